The third-order valence-corrected chi connectivity index (χ3v) is 18.9. The second-order valence-electron chi connectivity index (χ2n) is 23.7. The Bertz CT molecular complexity index is 3070. The number of fused-ring (bicyclic) bond motifs is 2. The Hall–Kier alpha value is -6.95. The zero-order chi connectivity index (χ0) is 65.8. The van der Waals surface area contributed by atoms with Crippen LogP contribution in [0.5, 0.6) is 5.75 Å². The molecular formula is C61H82ClN9O17S2. The molecule has 5 amide bonds. The number of aromatic nitrogens is 1. The number of hydrogen-bond acceptors (Lipinski definition) is 19. The molecule has 0 bridgehead atoms. The first kappa shape index (κ1) is 72.1. The average Bonchev–Trinajstić information content (AvgIpc) is 1.98. The second kappa shape index (κ2) is 35.0. The van der Waals surface area contributed by atoms with Crippen molar-refractivity contribution < 1.29 is 83.1 Å². The minimum Gasteiger partial charge on any atom is -0.506 e. The number of aliphatic hydroxyl groups is 1. The molecule has 26 nitrogen and oxygen atoms in total. The smallest absolute Gasteiger partial charge is 0.317 e. The fraction of sp³-hybridized carbons (Fsp3) is 0.574. The summed E-state index contributed by atoms with van der Waals surface area (Å²) in [7, 11) is 2.09. The molecule has 3 aliphatic heterocycles. The number of nitrogens with zero attached hydrogens (tertiary/aromatic N) is 4. The molecule has 2 aromatic carbocycles. The van der Waals surface area contributed by atoms with Gasteiger partial charge in [-0.1, -0.05) is 78.2 Å². The standard InChI is InChI=1S/C61H82ClN9O17S2/c1-4-50(74)47-33-89-90-34-48(61(88)71-29-42(73)26-49(71)53(77)25-39(20-36-9-11-51(75)44(62)21-36)58(85)64-28-41(72)22-38(19-35(2)3)60(87)66-47)67-59(86)37(10-12-55(79)80)24-52(76)46(23-40-27-63-45-8-6-5-7-43(40)45)65-54(78)30-68-13-15-69(31-56(81)82)17-18-70(16-14-68)32-57(83)84/h5-9,11,21,27,35,37-39,42,46-49,63,73,75H,4,10,12-20,22-26,28-34H2,1-3H3,(H,64,85)(H,65,78)(H,66,87)(H,67,86)(H,79,80)(H,81,82)(H,83,84)/t37-,38+,39+,42+,46-,47-,48-,49-/m0/s1. The maximum Gasteiger partial charge on any atom is 0.317 e. The molecule has 0 aliphatic carbocycles. The van der Waals surface area contributed by atoms with Crippen LogP contribution in [-0.2, 0) is 70.4 Å². The molecule has 0 saturated carbocycles. The fourth-order valence-corrected chi connectivity index (χ4v) is 14.0. The van der Waals surface area contributed by atoms with Crippen LogP contribution in [-0.4, -0.2) is 234 Å². The molecule has 0 spiro atoms. The zero-order valence-corrected chi connectivity index (χ0v) is 53.1. The van der Waals surface area contributed by atoms with E-state index in [2.05, 4.69) is 26.3 Å². The van der Waals surface area contributed by atoms with Crippen molar-refractivity contribution in [2.75, 3.05) is 83.5 Å². The first-order valence-electron chi connectivity index (χ1n) is 30.1. The monoisotopic (exact) mass is 1310 g/mol. The van der Waals surface area contributed by atoms with Crippen LogP contribution in [0.1, 0.15) is 83.3 Å². The number of benzene rings is 2. The summed E-state index contributed by atoms with van der Waals surface area (Å²) < 4.78 is 0. The highest BCUT2D eigenvalue weighted by Gasteiger charge is 2.43. The molecule has 3 saturated heterocycles. The third kappa shape index (κ3) is 22.5. The van der Waals surface area contributed by atoms with E-state index in [1.165, 1.54) is 18.2 Å². The van der Waals surface area contributed by atoms with Gasteiger partial charge in [-0.25, -0.2) is 0 Å². The Morgan fingerprint density at radius 1 is 0.800 bits per heavy atom. The summed E-state index contributed by atoms with van der Waals surface area (Å²) in [6.07, 6.45) is -2.37. The summed E-state index contributed by atoms with van der Waals surface area (Å²) >= 11 is 6.24. The van der Waals surface area contributed by atoms with Gasteiger partial charge in [0.1, 0.15) is 11.8 Å². The fourth-order valence-electron chi connectivity index (χ4n) is 11.4. The molecule has 3 aromatic rings. The van der Waals surface area contributed by atoms with Crippen molar-refractivity contribution in [3.05, 3.63) is 64.8 Å². The highest BCUT2D eigenvalue weighted by molar-refractivity contribution is 8.76. The van der Waals surface area contributed by atoms with Gasteiger partial charge in [0.05, 0.1) is 55.4 Å². The minimum absolute atomic E-state index is 0.0165. The number of hydrogen-bond donors (Lipinski definition) is 10. The number of halogens is 1. The number of Topliss-reactive ketones (excluding diaryl/α,β-unsaturated/α-hetero) is 4. The van der Waals surface area contributed by atoms with Crippen LogP contribution in [0.25, 0.3) is 10.9 Å². The van der Waals surface area contributed by atoms with E-state index in [9.17, 15) is 78.3 Å². The number of carbonyl (C=O) groups is 12. The molecule has 0 unspecified atom stereocenters. The van der Waals surface area contributed by atoms with Crippen LogP contribution in [0, 0.1) is 23.7 Å². The van der Waals surface area contributed by atoms with Crippen molar-refractivity contribution in [1.29, 1.82) is 0 Å². The van der Waals surface area contributed by atoms with E-state index in [4.69, 9.17) is 11.6 Å². The van der Waals surface area contributed by atoms with Gasteiger partial charge in [0.2, 0.25) is 29.5 Å². The van der Waals surface area contributed by atoms with Crippen molar-refractivity contribution in [2.24, 2.45) is 23.7 Å². The van der Waals surface area contributed by atoms with Crippen molar-refractivity contribution in [3.63, 3.8) is 0 Å². The number of aromatic amines is 1. The van der Waals surface area contributed by atoms with Crippen LogP contribution >= 0.6 is 33.2 Å². The van der Waals surface area contributed by atoms with Gasteiger partial charge in [-0.15, -0.1) is 0 Å². The van der Waals surface area contributed by atoms with Gasteiger partial charge in [-0.2, -0.15) is 0 Å². The molecule has 1 aromatic heterocycles. The predicted octanol–water partition coefficient (Wildman–Crippen LogP) is 1.94. The SMILES string of the molecule is CCC(=O)[C@@H]1CSSC[C@H](NC(=O)[C@@H](CCC(=O)O)CC(=O)[C@H](Cc2c[nH]c3ccccc23)NC(=O)CN2CCN(CC(=O)O)CCN(CC(=O)O)CC2)C(=O)N2C[C@H](O)C[C@H]2C(=O)C[C@@H](Cc2ccc(O)c(Cl)c2)C(=O)NCC(=O)C[C@@H](CC(C)C)C(=O)N1. The number of nitrogens with one attached hydrogen (secondary N) is 5. The Labute approximate surface area is 534 Å². The maximum atomic E-state index is 15.1. The van der Waals surface area contributed by atoms with Crippen molar-refractivity contribution in [3.8, 4) is 5.75 Å². The van der Waals surface area contributed by atoms with Gasteiger partial charge in [0.15, 0.2) is 23.1 Å². The van der Waals surface area contributed by atoms with E-state index >= 15 is 4.79 Å². The summed E-state index contributed by atoms with van der Waals surface area (Å²) in [5, 5.41) is 62.1. The van der Waals surface area contributed by atoms with Crippen molar-refractivity contribution >= 4 is 115 Å². The van der Waals surface area contributed by atoms with Crippen LogP contribution in [0.15, 0.2) is 48.7 Å². The number of phenols is 1. The van der Waals surface area contributed by atoms with Gasteiger partial charge in [-0.3, -0.25) is 72.2 Å². The number of rotatable bonds is 23. The van der Waals surface area contributed by atoms with Crippen LogP contribution < -0.4 is 21.3 Å². The minimum atomic E-state index is -1.56. The average molecular weight is 1310 g/mol. The van der Waals surface area contributed by atoms with E-state index in [1.54, 1.807) is 46.0 Å². The van der Waals surface area contributed by atoms with Crippen LogP contribution in [0.2, 0.25) is 5.02 Å². The quantitative estimate of drug-likeness (QED) is 0.0607. The van der Waals surface area contributed by atoms with Gasteiger partial charge < -0.3 is 56.7 Å². The third-order valence-electron chi connectivity index (χ3n) is 16.2. The molecule has 10 N–H and O–H groups in total. The number of amides is 5. The van der Waals surface area contributed by atoms with E-state index < -0.39 is 152 Å². The number of aromatic hydroxyl groups is 1. The van der Waals surface area contributed by atoms with Gasteiger partial charge in [-0.05, 0) is 54.5 Å². The summed E-state index contributed by atoms with van der Waals surface area (Å²) in [6.45, 7) is 4.77. The molecule has 8 atom stereocenters. The number of ketones is 4. The topological polar surface area (TPSA) is 383 Å². The lowest BCUT2D eigenvalue weighted by molar-refractivity contribution is -0.142. The number of H-pyrrole nitrogens is 1. The summed E-state index contributed by atoms with van der Waals surface area (Å²) in [4.78, 5) is 174. The summed E-state index contributed by atoms with van der Waals surface area (Å²) in [5.41, 5.74) is 1.75. The molecule has 0 radical (unpaired) electrons. The van der Waals surface area contributed by atoms with Crippen molar-refractivity contribution in [2.45, 2.75) is 115 Å². The molecule has 4 heterocycles. The van der Waals surface area contributed by atoms with Crippen molar-refractivity contribution in [1.82, 2.24) is 45.9 Å². The molecule has 3 fully saturated rings. The molecule has 6 rings (SSSR count). The lowest BCUT2D eigenvalue weighted by Crippen LogP contribution is -2.54. The summed E-state index contributed by atoms with van der Waals surface area (Å²) in [5.74, 6) is -13.7. The van der Waals surface area contributed by atoms with Crippen LogP contribution in [0.3, 0.4) is 0 Å². The molecular weight excluding hydrogens is 1230 g/mol. The Kier molecular flexibility index (Phi) is 28.1. The lowest BCUT2D eigenvalue weighted by atomic mass is 9.89. The molecule has 29 heteroatoms. The van der Waals surface area contributed by atoms with Gasteiger partial charge >= 0.3 is 17.9 Å². The lowest BCUT2D eigenvalue weighted by Gasteiger charge is -2.30. The normalized spacial score (nSPS) is 22.7. The Morgan fingerprint density at radius 3 is 2.07 bits per heavy atom. The van der Waals surface area contributed by atoms with E-state index in [1.807, 2.05) is 19.9 Å². The van der Waals surface area contributed by atoms with Gasteiger partial charge in [0, 0.05) is 137 Å². The van der Waals surface area contributed by atoms with E-state index in [0.29, 0.717) is 16.6 Å². The number of para-hydroxylation sites is 1. The van der Waals surface area contributed by atoms with E-state index in [-0.39, 0.29) is 131 Å². The first-order chi connectivity index (χ1) is 42.8. The Balaban J connectivity index is 1.31. The first-order valence-corrected chi connectivity index (χ1v) is 33.0. The number of carboxylic acids is 3. The highest BCUT2D eigenvalue weighted by atomic mass is 35.5. The number of aliphatic carboxylic acids is 3. The molecule has 492 valence electrons. The van der Waals surface area contributed by atoms with E-state index in [0.717, 1.165) is 31.9 Å². The second-order valence-corrected chi connectivity index (χ2v) is 26.6. The number of aliphatic hydroxyl groups excluding tert-OH is 1. The van der Waals surface area contributed by atoms with Crippen LogP contribution in [0.4, 0.5) is 0 Å². The largest absolute Gasteiger partial charge is 0.506 e. The number of carboxylic acid groups (broad SMARTS) is 3. The van der Waals surface area contributed by atoms with Gasteiger partial charge in [0.25, 0.3) is 0 Å². The number of phenolic OH excluding ortho intramolecular Hbond substituents is 1. The molecule has 3 aliphatic rings. The highest BCUT2D eigenvalue weighted by Crippen LogP contribution is 2.31. The summed E-state index contributed by atoms with van der Waals surface area (Å²) in [6, 6.07) is 6.06. The zero-order valence-electron chi connectivity index (χ0n) is 50.7. The maximum absolute atomic E-state index is 15.1. The molecule has 90 heavy (non-hydrogen) atoms. The predicted molar refractivity (Wildman–Crippen MR) is 334 cm³/mol. The number of carbonyl (C=O) groups excluding carboxylic acids is 9. The Morgan fingerprint density at radius 2 is 1.44 bits per heavy atom.